The maximum atomic E-state index is 5.25. The van der Waals surface area contributed by atoms with Crippen molar-refractivity contribution < 1.29 is 4.74 Å². The molecule has 1 N–H and O–H groups in total. The minimum Gasteiger partial charge on any atom is -0.383 e. The van der Waals surface area contributed by atoms with Crippen LogP contribution in [0.4, 0.5) is 0 Å². The molecule has 0 bridgehead atoms. The zero-order valence-electron chi connectivity index (χ0n) is 9.92. The van der Waals surface area contributed by atoms with E-state index in [1.54, 1.807) is 7.11 Å². The molecule has 1 atom stereocenters. The molecule has 0 spiro atoms. The third kappa shape index (κ3) is 3.33. The van der Waals surface area contributed by atoms with Gasteiger partial charge < -0.3 is 10.1 Å². The second kappa shape index (κ2) is 6.59. The normalized spacial score (nSPS) is 12.7. The van der Waals surface area contributed by atoms with Gasteiger partial charge in [-0.1, -0.05) is 38.1 Å². The fraction of sp³-hybridized carbons (Fsp3) is 0.538. The highest BCUT2D eigenvalue weighted by molar-refractivity contribution is 5.30. The zero-order valence-corrected chi connectivity index (χ0v) is 9.92. The summed E-state index contributed by atoms with van der Waals surface area (Å²) < 4.78 is 5.25. The van der Waals surface area contributed by atoms with Crippen LogP contribution in [0.25, 0.3) is 0 Å². The lowest BCUT2D eigenvalue weighted by atomic mass is 9.99. The first kappa shape index (κ1) is 12.2. The molecular weight excluding hydrogens is 186 g/mol. The molecule has 1 aromatic rings. The van der Waals surface area contributed by atoms with Crippen molar-refractivity contribution in [1.82, 2.24) is 5.32 Å². The zero-order chi connectivity index (χ0) is 11.1. The first-order valence-electron chi connectivity index (χ1n) is 5.63. The number of ether oxygens (including phenoxy) is 1. The van der Waals surface area contributed by atoms with Crippen LogP contribution in [-0.4, -0.2) is 20.3 Å². The molecule has 0 saturated carbocycles. The lowest BCUT2D eigenvalue weighted by Crippen LogP contribution is -2.25. The highest BCUT2D eigenvalue weighted by Crippen LogP contribution is 2.18. The number of nitrogens with one attached hydrogen (secondary N) is 1. The largest absolute Gasteiger partial charge is 0.383 e. The Hall–Kier alpha value is -0.860. The van der Waals surface area contributed by atoms with Gasteiger partial charge in [0.15, 0.2) is 0 Å². The molecule has 0 saturated heterocycles. The van der Waals surface area contributed by atoms with E-state index in [2.05, 4.69) is 43.4 Å². The Balaban J connectivity index is 2.88. The number of hydrogen-bond acceptors (Lipinski definition) is 2. The summed E-state index contributed by atoms with van der Waals surface area (Å²) in [4.78, 5) is 0. The molecule has 1 aromatic carbocycles. The Morgan fingerprint density at radius 3 is 2.60 bits per heavy atom. The number of likely N-dealkylation sites (N-methyl/N-ethyl adjacent to an activating group) is 1. The van der Waals surface area contributed by atoms with Crippen molar-refractivity contribution in [2.45, 2.75) is 26.3 Å². The molecule has 0 fully saturated rings. The summed E-state index contributed by atoms with van der Waals surface area (Å²) >= 11 is 0. The summed E-state index contributed by atoms with van der Waals surface area (Å²) in [6, 6.07) is 8.88. The summed E-state index contributed by atoms with van der Waals surface area (Å²) in [6.45, 7) is 6.00. The van der Waals surface area contributed by atoms with E-state index < -0.39 is 0 Å². The Bertz CT molecular complexity index is 280. The van der Waals surface area contributed by atoms with E-state index in [1.165, 1.54) is 11.1 Å². The van der Waals surface area contributed by atoms with Gasteiger partial charge in [0.25, 0.3) is 0 Å². The van der Waals surface area contributed by atoms with Crippen LogP contribution >= 0.6 is 0 Å². The third-order valence-electron chi connectivity index (χ3n) is 2.60. The van der Waals surface area contributed by atoms with E-state index in [0.717, 1.165) is 19.6 Å². The standard InChI is InChI=1S/C13H21NO/c1-4-11-8-6-7-9-12(11)13(10-15-3)14-5-2/h6-9,13-14H,4-5,10H2,1-3H3. The molecule has 84 valence electrons. The van der Waals surface area contributed by atoms with Gasteiger partial charge in [-0.05, 0) is 24.1 Å². The molecule has 0 aliphatic heterocycles. The van der Waals surface area contributed by atoms with Gasteiger partial charge in [-0.2, -0.15) is 0 Å². The van der Waals surface area contributed by atoms with Crippen molar-refractivity contribution in [3.05, 3.63) is 35.4 Å². The second-order valence-corrected chi connectivity index (χ2v) is 3.62. The molecule has 15 heavy (non-hydrogen) atoms. The topological polar surface area (TPSA) is 21.3 Å². The molecule has 0 heterocycles. The number of aryl methyl sites for hydroxylation is 1. The van der Waals surface area contributed by atoms with E-state index in [4.69, 9.17) is 4.74 Å². The van der Waals surface area contributed by atoms with Gasteiger partial charge in [-0.25, -0.2) is 0 Å². The lowest BCUT2D eigenvalue weighted by molar-refractivity contribution is 0.167. The average molecular weight is 207 g/mol. The predicted molar refractivity (Wildman–Crippen MR) is 64.1 cm³/mol. The summed E-state index contributed by atoms with van der Waals surface area (Å²) in [5, 5.41) is 3.45. The maximum Gasteiger partial charge on any atom is 0.0657 e. The molecule has 1 unspecified atom stereocenters. The first-order chi connectivity index (χ1) is 7.33. The molecule has 0 aliphatic rings. The smallest absolute Gasteiger partial charge is 0.0657 e. The molecule has 0 aromatic heterocycles. The summed E-state index contributed by atoms with van der Waals surface area (Å²) in [5.74, 6) is 0. The number of rotatable bonds is 6. The van der Waals surface area contributed by atoms with E-state index in [0.29, 0.717) is 6.04 Å². The fourth-order valence-electron chi connectivity index (χ4n) is 1.87. The summed E-state index contributed by atoms with van der Waals surface area (Å²) in [7, 11) is 1.75. The van der Waals surface area contributed by atoms with Crippen molar-refractivity contribution in [3.8, 4) is 0 Å². The van der Waals surface area contributed by atoms with Gasteiger partial charge in [0, 0.05) is 7.11 Å². The molecule has 0 aliphatic carbocycles. The van der Waals surface area contributed by atoms with Crippen molar-refractivity contribution in [2.24, 2.45) is 0 Å². The molecule has 2 heteroatoms. The highest BCUT2D eigenvalue weighted by Gasteiger charge is 2.12. The van der Waals surface area contributed by atoms with Crippen LogP contribution < -0.4 is 5.32 Å². The van der Waals surface area contributed by atoms with Gasteiger partial charge in [-0.3, -0.25) is 0 Å². The predicted octanol–water partition coefficient (Wildman–Crippen LogP) is 2.55. The Labute approximate surface area is 92.6 Å². The maximum absolute atomic E-state index is 5.25. The van der Waals surface area contributed by atoms with Crippen LogP contribution in [0.15, 0.2) is 24.3 Å². The van der Waals surface area contributed by atoms with Crippen LogP contribution in [0.1, 0.15) is 31.0 Å². The van der Waals surface area contributed by atoms with Crippen molar-refractivity contribution in [2.75, 3.05) is 20.3 Å². The van der Waals surface area contributed by atoms with Crippen molar-refractivity contribution in [3.63, 3.8) is 0 Å². The summed E-state index contributed by atoms with van der Waals surface area (Å²) in [6.07, 6.45) is 1.07. The lowest BCUT2D eigenvalue weighted by Gasteiger charge is -2.20. The average Bonchev–Trinajstić information content (AvgIpc) is 2.29. The number of methoxy groups -OCH3 is 1. The highest BCUT2D eigenvalue weighted by atomic mass is 16.5. The van der Waals surface area contributed by atoms with Crippen LogP contribution in [0.3, 0.4) is 0 Å². The first-order valence-corrected chi connectivity index (χ1v) is 5.63. The van der Waals surface area contributed by atoms with Crippen molar-refractivity contribution in [1.29, 1.82) is 0 Å². The number of benzene rings is 1. The number of hydrogen-bond donors (Lipinski definition) is 1. The van der Waals surface area contributed by atoms with Gasteiger partial charge in [0.1, 0.15) is 0 Å². The Morgan fingerprint density at radius 2 is 2.00 bits per heavy atom. The second-order valence-electron chi connectivity index (χ2n) is 3.62. The minimum atomic E-state index is 0.316. The van der Waals surface area contributed by atoms with E-state index in [-0.39, 0.29) is 0 Å². The SMILES string of the molecule is CCNC(COC)c1ccccc1CC. The van der Waals surface area contributed by atoms with Crippen LogP contribution in [-0.2, 0) is 11.2 Å². The fourth-order valence-corrected chi connectivity index (χ4v) is 1.87. The van der Waals surface area contributed by atoms with Gasteiger partial charge >= 0.3 is 0 Å². The molecule has 2 nitrogen and oxygen atoms in total. The molecule has 1 rings (SSSR count). The van der Waals surface area contributed by atoms with Crippen molar-refractivity contribution >= 4 is 0 Å². The molecular formula is C13H21NO. The minimum absolute atomic E-state index is 0.316. The van der Waals surface area contributed by atoms with Gasteiger partial charge in [-0.15, -0.1) is 0 Å². The molecule has 0 radical (unpaired) electrons. The third-order valence-corrected chi connectivity index (χ3v) is 2.60. The van der Waals surface area contributed by atoms with Crippen LogP contribution in [0, 0.1) is 0 Å². The molecule has 0 amide bonds. The Morgan fingerprint density at radius 1 is 1.27 bits per heavy atom. The van der Waals surface area contributed by atoms with E-state index in [1.807, 2.05) is 0 Å². The monoisotopic (exact) mass is 207 g/mol. The quantitative estimate of drug-likeness (QED) is 0.774. The van der Waals surface area contributed by atoms with Crippen LogP contribution in [0.2, 0.25) is 0 Å². The van der Waals surface area contributed by atoms with E-state index >= 15 is 0 Å². The van der Waals surface area contributed by atoms with Gasteiger partial charge in [0.05, 0.1) is 12.6 Å². The summed E-state index contributed by atoms with van der Waals surface area (Å²) in [5.41, 5.74) is 2.77. The van der Waals surface area contributed by atoms with E-state index in [9.17, 15) is 0 Å². The van der Waals surface area contributed by atoms with Gasteiger partial charge in [0.2, 0.25) is 0 Å². The van der Waals surface area contributed by atoms with Crippen LogP contribution in [0.5, 0.6) is 0 Å². The Kier molecular flexibility index (Phi) is 5.37.